The summed E-state index contributed by atoms with van der Waals surface area (Å²) in [5.41, 5.74) is 2.82. The van der Waals surface area contributed by atoms with Gasteiger partial charge in [0.25, 0.3) is 0 Å². The van der Waals surface area contributed by atoms with Crippen LogP contribution in [0.1, 0.15) is 19.3 Å². The number of hydrogen-bond acceptors (Lipinski definition) is 0. The monoisotopic (exact) mass is 98.0 g/mol. The molecule has 1 saturated carbocycles. The maximum absolute atomic E-state index is 3.85. The van der Waals surface area contributed by atoms with Crippen LogP contribution in [0.3, 0.4) is 0 Å². The van der Waals surface area contributed by atoms with Crippen molar-refractivity contribution in [1.82, 2.24) is 0 Å². The van der Waals surface area contributed by atoms with Crippen LogP contribution in [0.15, 0.2) is 0 Å². The van der Waals surface area contributed by atoms with Gasteiger partial charge in [-0.15, -0.1) is 0 Å². The molecule has 1 rings (SSSR count). The third kappa shape index (κ3) is 1.12. The Labute approximate surface area is 40.4 Å². The zero-order chi connectivity index (χ0) is 4.41. The van der Waals surface area contributed by atoms with Crippen molar-refractivity contribution in [2.24, 2.45) is 5.92 Å². The molecule has 0 unspecified atom stereocenters. The van der Waals surface area contributed by atoms with Crippen LogP contribution in [0.4, 0.5) is 0 Å². The molecule has 6 heavy (non-hydrogen) atoms. The SMILES string of the molecule is P#CCC1CC1. The molecule has 0 atom stereocenters. The molecule has 1 heteroatoms. The van der Waals surface area contributed by atoms with Crippen LogP contribution in [0.25, 0.3) is 0 Å². The Morgan fingerprint density at radius 1 is 1.67 bits per heavy atom. The van der Waals surface area contributed by atoms with Crippen molar-refractivity contribution in [3.05, 3.63) is 0 Å². The molecule has 0 nitrogen and oxygen atoms in total. The Balaban J connectivity index is 2.05. The molecule has 0 aromatic heterocycles. The van der Waals surface area contributed by atoms with Gasteiger partial charge in [0.15, 0.2) is 0 Å². The molecule has 1 aliphatic carbocycles. The summed E-state index contributed by atoms with van der Waals surface area (Å²) in [5.74, 6) is 0.961. The van der Waals surface area contributed by atoms with Crippen LogP contribution in [0.2, 0.25) is 0 Å². The van der Waals surface area contributed by atoms with Crippen molar-refractivity contribution in [3.8, 4) is 5.63 Å². The van der Waals surface area contributed by atoms with E-state index in [4.69, 9.17) is 0 Å². The summed E-state index contributed by atoms with van der Waals surface area (Å²) in [6, 6.07) is 0. The van der Waals surface area contributed by atoms with E-state index in [1.54, 1.807) is 0 Å². The fourth-order valence-electron chi connectivity index (χ4n) is 0.451. The van der Waals surface area contributed by atoms with Crippen LogP contribution in [-0.2, 0) is 0 Å². The summed E-state index contributed by atoms with van der Waals surface area (Å²) in [6.45, 7) is 0. The molecule has 0 saturated heterocycles. The number of rotatable bonds is 1. The Morgan fingerprint density at radius 3 is 2.50 bits per heavy atom. The third-order valence-electron chi connectivity index (χ3n) is 1.08. The van der Waals surface area contributed by atoms with Crippen LogP contribution in [0.5, 0.6) is 0 Å². The first-order valence-electron chi connectivity index (χ1n) is 2.30. The summed E-state index contributed by atoms with van der Waals surface area (Å²) in [6.07, 6.45) is 3.92. The molecule has 0 heterocycles. The van der Waals surface area contributed by atoms with E-state index in [2.05, 4.69) is 14.3 Å². The second kappa shape index (κ2) is 1.78. The molecular formula is C5H7P. The first-order valence-corrected chi connectivity index (χ1v) is 2.75. The van der Waals surface area contributed by atoms with Crippen LogP contribution in [0, 0.1) is 11.5 Å². The average Bonchev–Trinajstić information content (AvgIpc) is 2.21. The zero-order valence-corrected chi connectivity index (χ0v) is 4.54. The van der Waals surface area contributed by atoms with Gasteiger partial charge < -0.3 is 0 Å². The first kappa shape index (κ1) is 4.37. The zero-order valence-electron chi connectivity index (χ0n) is 3.65. The van der Waals surface area contributed by atoms with Crippen LogP contribution < -0.4 is 0 Å². The second-order valence-electron chi connectivity index (χ2n) is 1.81. The van der Waals surface area contributed by atoms with Gasteiger partial charge in [0.2, 0.25) is 0 Å². The summed E-state index contributed by atoms with van der Waals surface area (Å²) in [7, 11) is 3.85. The van der Waals surface area contributed by atoms with Crippen molar-refractivity contribution in [3.63, 3.8) is 0 Å². The first-order chi connectivity index (χ1) is 2.93. The van der Waals surface area contributed by atoms with E-state index in [9.17, 15) is 0 Å². The topological polar surface area (TPSA) is 0 Å². The van der Waals surface area contributed by atoms with E-state index in [0.29, 0.717) is 0 Å². The fourth-order valence-corrected chi connectivity index (χ4v) is 0.709. The van der Waals surface area contributed by atoms with E-state index < -0.39 is 0 Å². The van der Waals surface area contributed by atoms with Gasteiger partial charge in [-0.1, -0.05) is 0 Å². The quantitative estimate of drug-likeness (QED) is 0.441. The molecule has 0 radical (unpaired) electrons. The third-order valence-corrected chi connectivity index (χ3v) is 1.26. The van der Waals surface area contributed by atoms with Gasteiger partial charge in [0.05, 0.1) is 0 Å². The predicted octanol–water partition coefficient (Wildman–Crippen LogP) is 2.16. The fraction of sp³-hybridized carbons (Fsp3) is 0.800. The molecule has 0 bridgehead atoms. The minimum absolute atomic E-state index is 0.961. The van der Waals surface area contributed by atoms with Crippen molar-refractivity contribution >= 4 is 8.70 Å². The molecule has 0 aromatic carbocycles. The van der Waals surface area contributed by atoms with E-state index >= 15 is 0 Å². The summed E-state index contributed by atoms with van der Waals surface area (Å²) < 4.78 is 0. The van der Waals surface area contributed by atoms with Crippen molar-refractivity contribution in [2.75, 3.05) is 0 Å². The molecular weight excluding hydrogens is 91.0 g/mol. The molecule has 0 aliphatic heterocycles. The van der Waals surface area contributed by atoms with Crippen molar-refractivity contribution in [1.29, 1.82) is 0 Å². The molecule has 32 valence electrons. The van der Waals surface area contributed by atoms with E-state index in [1.807, 2.05) is 0 Å². The average molecular weight is 98.1 g/mol. The molecule has 0 N–H and O–H groups in total. The molecule has 0 aromatic rings. The minimum atomic E-state index is 0.961. The van der Waals surface area contributed by atoms with Gasteiger partial charge in [0.1, 0.15) is 0 Å². The van der Waals surface area contributed by atoms with Gasteiger partial charge in [-0.2, -0.15) is 0 Å². The van der Waals surface area contributed by atoms with Crippen molar-refractivity contribution < 1.29 is 0 Å². The standard InChI is InChI=1S/C5H7P/c6-4-3-5-1-2-5/h5H,1-3H2. The Bertz CT molecular complexity index is 76.4. The molecule has 1 aliphatic rings. The van der Waals surface area contributed by atoms with Gasteiger partial charge in [0, 0.05) is 0 Å². The normalized spacial score (nSPS) is 19.8. The maximum atomic E-state index is 3.85. The van der Waals surface area contributed by atoms with Gasteiger partial charge in [-0.3, -0.25) is 0 Å². The molecule has 0 amide bonds. The predicted molar refractivity (Wildman–Crippen MR) is 28.1 cm³/mol. The Kier molecular flexibility index (Phi) is 1.29. The Hall–Kier alpha value is 0.210. The number of hydrogen-bond donors (Lipinski definition) is 0. The van der Waals surface area contributed by atoms with Crippen molar-refractivity contribution in [2.45, 2.75) is 19.3 Å². The van der Waals surface area contributed by atoms with Crippen LogP contribution >= 0.6 is 8.70 Å². The van der Waals surface area contributed by atoms with E-state index in [-0.39, 0.29) is 0 Å². The van der Waals surface area contributed by atoms with Gasteiger partial charge in [-0.25, -0.2) is 0 Å². The summed E-state index contributed by atoms with van der Waals surface area (Å²) >= 11 is 0. The van der Waals surface area contributed by atoms with E-state index in [1.165, 1.54) is 12.8 Å². The molecule has 1 fully saturated rings. The van der Waals surface area contributed by atoms with Gasteiger partial charge >= 0.3 is 39.5 Å². The second-order valence-corrected chi connectivity index (χ2v) is 2.12. The van der Waals surface area contributed by atoms with Crippen LogP contribution in [-0.4, -0.2) is 0 Å². The summed E-state index contributed by atoms with van der Waals surface area (Å²) in [5, 5.41) is 0. The van der Waals surface area contributed by atoms with E-state index in [0.717, 1.165) is 12.3 Å². The van der Waals surface area contributed by atoms with Gasteiger partial charge in [-0.05, 0) is 0 Å². The summed E-state index contributed by atoms with van der Waals surface area (Å²) in [4.78, 5) is 0. The molecule has 0 spiro atoms. The Morgan fingerprint density at radius 2 is 2.33 bits per heavy atom.